The third-order valence-electron chi connectivity index (χ3n) is 5.28. The first-order chi connectivity index (χ1) is 14.2. The molecule has 0 aliphatic carbocycles. The van der Waals surface area contributed by atoms with Gasteiger partial charge in [-0.1, -0.05) is 36.4 Å². The number of anilines is 1. The fourth-order valence-corrected chi connectivity index (χ4v) is 3.95. The number of aromatic nitrogens is 4. The highest BCUT2D eigenvalue weighted by Crippen LogP contribution is 2.36. The van der Waals surface area contributed by atoms with Crippen LogP contribution < -0.4 is 10.5 Å². The van der Waals surface area contributed by atoms with E-state index in [1.807, 2.05) is 35.9 Å². The lowest BCUT2D eigenvalue weighted by molar-refractivity contribution is 0.401. The van der Waals surface area contributed by atoms with E-state index < -0.39 is 0 Å². The number of benzene rings is 2. The molecule has 0 bridgehead atoms. The molecule has 6 heteroatoms. The number of ether oxygens (including phenoxy) is 1. The summed E-state index contributed by atoms with van der Waals surface area (Å²) >= 11 is 0. The molecular weight excluding hydrogens is 362 g/mol. The van der Waals surface area contributed by atoms with Gasteiger partial charge in [0.05, 0.1) is 18.3 Å². The van der Waals surface area contributed by atoms with Crippen LogP contribution in [0.3, 0.4) is 0 Å². The Bertz CT molecular complexity index is 1330. The van der Waals surface area contributed by atoms with Gasteiger partial charge in [-0.2, -0.15) is 0 Å². The van der Waals surface area contributed by atoms with Crippen molar-refractivity contribution in [2.45, 2.75) is 6.54 Å². The normalized spacial score (nSPS) is 11.4. The van der Waals surface area contributed by atoms with Crippen LogP contribution in [0.4, 0.5) is 5.69 Å². The van der Waals surface area contributed by atoms with Crippen LogP contribution in [0.25, 0.3) is 33.3 Å². The van der Waals surface area contributed by atoms with Gasteiger partial charge in [-0.25, -0.2) is 9.97 Å². The van der Waals surface area contributed by atoms with Crippen LogP contribution in [-0.4, -0.2) is 26.2 Å². The first kappa shape index (κ1) is 17.3. The molecule has 2 aromatic carbocycles. The Balaban J connectivity index is 1.81. The highest BCUT2D eigenvalue weighted by atomic mass is 16.5. The maximum Gasteiger partial charge on any atom is 0.238 e. The largest absolute Gasteiger partial charge is 0.479 e. The smallest absolute Gasteiger partial charge is 0.238 e. The van der Waals surface area contributed by atoms with Gasteiger partial charge in [0.25, 0.3) is 0 Å². The van der Waals surface area contributed by atoms with Gasteiger partial charge in [0.1, 0.15) is 16.9 Å². The van der Waals surface area contributed by atoms with Gasteiger partial charge in [-0.3, -0.25) is 0 Å². The Morgan fingerprint density at radius 3 is 2.66 bits per heavy atom. The minimum absolute atomic E-state index is 0.599. The van der Waals surface area contributed by atoms with E-state index in [1.165, 1.54) is 5.56 Å². The molecule has 0 amide bonds. The number of aryl methyl sites for hydroxylation is 1. The zero-order valence-corrected chi connectivity index (χ0v) is 16.3. The summed E-state index contributed by atoms with van der Waals surface area (Å²) in [5.74, 6) is 1.47. The molecule has 0 aliphatic rings. The highest BCUT2D eigenvalue weighted by Gasteiger charge is 2.20. The van der Waals surface area contributed by atoms with Crippen LogP contribution in [0.5, 0.6) is 5.88 Å². The van der Waals surface area contributed by atoms with Gasteiger partial charge in [0, 0.05) is 36.9 Å². The summed E-state index contributed by atoms with van der Waals surface area (Å²) in [4.78, 5) is 9.31. The Hall–Kier alpha value is -3.80. The number of pyridine rings is 1. The first-order valence-corrected chi connectivity index (χ1v) is 9.44. The lowest BCUT2D eigenvalue weighted by Gasteiger charge is -2.09. The SMILES string of the molecule is COc1nccc2c(-c3nc4c(N)cccc4n3Cc3ccccc3)cn(C)c12. The van der Waals surface area contributed by atoms with Crippen molar-refractivity contribution >= 4 is 27.6 Å². The minimum atomic E-state index is 0.599. The lowest BCUT2D eigenvalue weighted by atomic mass is 10.2. The van der Waals surface area contributed by atoms with Crippen molar-refractivity contribution in [2.75, 3.05) is 12.8 Å². The van der Waals surface area contributed by atoms with Crippen molar-refractivity contribution in [1.82, 2.24) is 19.1 Å². The van der Waals surface area contributed by atoms with Crippen molar-refractivity contribution < 1.29 is 4.74 Å². The summed E-state index contributed by atoms with van der Waals surface area (Å²) in [7, 11) is 3.63. The fourth-order valence-electron chi connectivity index (χ4n) is 3.95. The summed E-state index contributed by atoms with van der Waals surface area (Å²) in [6.07, 6.45) is 3.84. The number of fused-ring (bicyclic) bond motifs is 2. The van der Waals surface area contributed by atoms with E-state index in [0.717, 1.165) is 33.3 Å². The minimum Gasteiger partial charge on any atom is -0.479 e. The maximum atomic E-state index is 6.26. The highest BCUT2D eigenvalue weighted by molar-refractivity contribution is 5.99. The van der Waals surface area contributed by atoms with Crippen LogP contribution in [0.1, 0.15) is 5.56 Å². The second kappa shape index (κ2) is 6.67. The predicted octanol–water partition coefficient (Wildman–Crippen LogP) is 4.23. The van der Waals surface area contributed by atoms with Gasteiger partial charge in [0.2, 0.25) is 5.88 Å². The lowest BCUT2D eigenvalue weighted by Crippen LogP contribution is -2.02. The number of nitrogens with two attached hydrogens (primary N) is 1. The van der Waals surface area contributed by atoms with Crippen molar-refractivity contribution in [1.29, 1.82) is 0 Å². The average Bonchev–Trinajstić information content (AvgIpc) is 3.28. The molecule has 29 heavy (non-hydrogen) atoms. The molecule has 0 fully saturated rings. The Morgan fingerprint density at radius 2 is 1.86 bits per heavy atom. The van der Waals surface area contributed by atoms with E-state index in [0.29, 0.717) is 18.1 Å². The van der Waals surface area contributed by atoms with E-state index in [4.69, 9.17) is 15.5 Å². The number of methoxy groups -OCH3 is 1. The molecule has 3 heterocycles. The average molecular weight is 383 g/mol. The number of imidazole rings is 1. The van der Waals surface area contributed by atoms with Crippen molar-refractivity contribution in [3.05, 3.63) is 72.6 Å². The summed E-state index contributed by atoms with van der Waals surface area (Å²) in [6, 6.07) is 18.3. The second-order valence-electron chi connectivity index (χ2n) is 7.09. The van der Waals surface area contributed by atoms with Gasteiger partial charge in [-0.05, 0) is 23.8 Å². The quantitative estimate of drug-likeness (QED) is 0.472. The third-order valence-corrected chi connectivity index (χ3v) is 5.28. The van der Waals surface area contributed by atoms with Crippen molar-refractivity contribution in [3.63, 3.8) is 0 Å². The molecule has 5 rings (SSSR count). The van der Waals surface area contributed by atoms with Crippen LogP contribution in [-0.2, 0) is 13.6 Å². The Labute approximate surface area is 168 Å². The number of nitrogens with zero attached hydrogens (tertiary/aromatic N) is 4. The summed E-state index contributed by atoms with van der Waals surface area (Å²) < 4.78 is 9.74. The fraction of sp³-hybridized carbons (Fsp3) is 0.130. The molecule has 0 spiro atoms. The summed E-state index contributed by atoms with van der Waals surface area (Å²) in [5.41, 5.74) is 11.9. The van der Waals surface area contributed by atoms with Crippen LogP contribution in [0.2, 0.25) is 0 Å². The summed E-state index contributed by atoms with van der Waals surface area (Å²) in [5, 5.41) is 1.04. The maximum absolute atomic E-state index is 6.26. The standard InChI is InChI=1S/C23H21N5O/c1-27-14-17(16-11-12-25-23(29-2)21(16)27)22-26-20-18(24)9-6-10-19(20)28(22)13-15-7-4-3-5-8-15/h3-12,14H,13,24H2,1-2H3. The van der Waals surface area contributed by atoms with Gasteiger partial charge in [-0.15, -0.1) is 0 Å². The van der Waals surface area contributed by atoms with Crippen molar-refractivity contribution in [3.8, 4) is 17.3 Å². The first-order valence-electron chi connectivity index (χ1n) is 9.44. The number of hydrogen-bond donors (Lipinski definition) is 1. The zero-order chi connectivity index (χ0) is 20.0. The van der Waals surface area contributed by atoms with E-state index in [9.17, 15) is 0 Å². The van der Waals surface area contributed by atoms with Crippen LogP contribution in [0, 0.1) is 0 Å². The molecule has 0 aliphatic heterocycles. The zero-order valence-electron chi connectivity index (χ0n) is 16.3. The number of para-hydroxylation sites is 1. The monoisotopic (exact) mass is 383 g/mol. The van der Waals surface area contributed by atoms with E-state index in [2.05, 4.69) is 46.1 Å². The molecule has 3 aromatic heterocycles. The van der Waals surface area contributed by atoms with Gasteiger partial charge >= 0.3 is 0 Å². The molecule has 0 atom stereocenters. The van der Waals surface area contributed by atoms with E-state index in [-0.39, 0.29) is 0 Å². The van der Waals surface area contributed by atoms with E-state index >= 15 is 0 Å². The molecule has 0 unspecified atom stereocenters. The topological polar surface area (TPSA) is 70.9 Å². The molecule has 0 saturated heterocycles. The predicted molar refractivity (Wildman–Crippen MR) is 116 cm³/mol. The third kappa shape index (κ3) is 2.72. The van der Waals surface area contributed by atoms with Gasteiger partial charge in [0.15, 0.2) is 0 Å². The molecule has 0 radical (unpaired) electrons. The van der Waals surface area contributed by atoms with Crippen molar-refractivity contribution in [2.24, 2.45) is 7.05 Å². The molecular formula is C23H21N5O. The molecule has 6 nitrogen and oxygen atoms in total. The van der Waals surface area contributed by atoms with E-state index in [1.54, 1.807) is 13.3 Å². The number of rotatable bonds is 4. The number of nitrogen functional groups attached to an aromatic ring is 1. The molecule has 0 saturated carbocycles. The molecule has 5 aromatic rings. The van der Waals surface area contributed by atoms with Crippen LogP contribution in [0.15, 0.2) is 67.0 Å². The Kier molecular flexibility index (Phi) is 3.98. The molecule has 144 valence electrons. The second-order valence-corrected chi connectivity index (χ2v) is 7.09. The molecule has 2 N–H and O–H groups in total. The van der Waals surface area contributed by atoms with Gasteiger partial charge < -0.3 is 19.6 Å². The Morgan fingerprint density at radius 1 is 1.03 bits per heavy atom. The number of hydrogen-bond acceptors (Lipinski definition) is 4. The van der Waals surface area contributed by atoms with Crippen LogP contribution >= 0.6 is 0 Å². The summed E-state index contributed by atoms with van der Waals surface area (Å²) in [6.45, 7) is 0.703.